The van der Waals surface area contributed by atoms with E-state index in [4.69, 9.17) is 5.73 Å². The average Bonchev–Trinajstić information content (AvgIpc) is 2.15. The summed E-state index contributed by atoms with van der Waals surface area (Å²) < 4.78 is 24.3. The van der Waals surface area contributed by atoms with Crippen LogP contribution in [0.5, 0.6) is 0 Å². The molecule has 0 amide bonds. The number of sulfonamides is 1. The quantitative estimate of drug-likeness (QED) is 0.811. The predicted molar refractivity (Wildman–Crippen MR) is 62.4 cm³/mol. The van der Waals surface area contributed by atoms with Gasteiger partial charge in [0.05, 0.1) is 6.26 Å². The fourth-order valence-corrected chi connectivity index (χ4v) is 1.79. The van der Waals surface area contributed by atoms with Gasteiger partial charge in [0.25, 0.3) is 0 Å². The van der Waals surface area contributed by atoms with Crippen molar-refractivity contribution in [2.75, 3.05) is 17.5 Å². The molecule has 0 bridgehead atoms. The van der Waals surface area contributed by atoms with Gasteiger partial charge in [0, 0.05) is 5.69 Å². The second-order valence-electron chi connectivity index (χ2n) is 3.63. The Hall–Kier alpha value is -1.07. The van der Waals surface area contributed by atoms with Gasteiger partial charge in [-0.1, -0.05) is 19.1 Å². The number of rotatable bonds is 4. The Labute approximate surface area is 90.5 Å². The summed E-state index contributed by atoms with van der Waals surface area (Å²) in [5, 5.41) is 0. The highest BCUT2D eigenvalue weighted by Crippen LogP contribution is 2.17. The molecule has 0 aliphatic carbocycles. The summed E-state index contributed by atoms with van der Waals surface area (Å²) in [6.45, 7) is 2.61. The maximum atomic E-state index is 10.9. The standard InChI is InChI=1S/C10H16N2O2S/c1-8(7-11)9-3-5-10(6-4-9)12-15(2,13)14/h3-6,8,12H,7,11H2,1-2H3. The van der Waals surface area contributed by atoms with Crippen molar-refractivity contribution < 1.29 is 8.42 Å². The number of anilines is 1. The first kappa shape index (κ1) is 12.0. The van der Waals surface area contributed by atoms with Crippen molar-refractivity contribution in [1.29, 1.82) is 0 Å². The third-order valence-corrected chi connectivity index (χ3v) is 2.74. The molecule has 84 valence electrons. The number of nitrogens with one attached hydrogen (secondary N) is 1. The van der Waals surface area contributed by atoms with E-state index in [0.717, 1.165) is 11.8 Å². The second kappa shape index (κ2) is 4.63. The largest absolute Gasteiger partial charge is 0.330 e. The zero-order chi connectivity index (χ0) is 11.5. The Morgan fingerprint density at radius 1 is 1.33 bits per heavy atom. The molecule has 0 fully saturated rings. The van der Waals surface area contributed by atoms with Crippen LogP contribution in [0.3, 0.4) is 0 Å². The molecule has 0 saturated carbocycles. The maximum Gasteiger partial charge on any atom is 0.229 e. The van der Waals surface area contributed by atoms with E-state index in [1.54, 1.807) is 12.1 Å². The summed E-state index contributed by atoms with van der Waals surface area (Å²) in [7, 11) is -3.19. The van der Waals surface area contributed by atoms with Gasteiger partial charge in [0.1, 0.15) is 0 Å². The highest BCUT2D eigenvalue weighted by Gasteiger charge is 2.04. The molecule has 3 N–H and O–H groups in total. The maximum absolute atomic E-state index is 10.9. The fraction of sp³-hybridized carbons (Fsp3) is 0.400. The highest BCUT2D eigenvalue weighted by atomic mass is 32.2. The van der Waals surface area contributed by atoms with Gasteiger partial charge in [0.2, 0.25) is 10.0 Å². The Balaban J connectivity index is 2.81. The molecular formula is C10H16N2O2S. The molecule has 1 aromatic rings. The summed E-state index contributed by atoms with van der Waals surface area (Å²) in [6, 6.07) is 7.24. The topological polar surface area (TPSA) is 72.2 Å². The van der Waals surface area contributed by atoms with E-state index in [9.17, 15) is 8.42 Å². The first-order chi connectivity index (χ1) is 6.92. The van der Waals surface area contributed by atoms with Gasteiger partial charge < -0.3 is 5.73 Å². The van der Waals surface area contributed by atoms with Crippen LogP contribution in [-0.2, 0) is 10.0 Å². The van der Waals surface area contributed by atoms with E-state index >= 15 is 0 Å². The monoisotopic (exact) mass is 228 g/mol. The van der Waals surface area contributed by atoms with Crippen molar-refractivity contribution >= 4 is 15.7 Å². The normalized spacial score (nSPS) is 13.5. The van der Waals surface area contributed by atoms with Crippen LogP contribution >= 0.6 is 0 Å². The van der Waals surface area contributed by atoms with E-state index in [-0.39, 0.29) is 5.92 Å². The lowest BCUT2D eigenvalue weighted by Crippen LogP contribution is -2.11. The molecule has 0 aromatic heterocycles. The van der Waals surface area contributed by atoms with E-state index in [1.807, 2.05) is 19.1 Å². The third kappa shape index (κ3) is 3.89. The Morgan fingerprint density at radius 2 is 1.87 bits per heavy atom. The number of benzene rings is 1. The summed E-state index contributed by atoms with van der Waals surface area (Å²) in [5.41, 5.74) is 7.21. The van der Waals surface area contributed by atoms with Crippen molar-refractivity contribution in [3.05, 3.63) is 29.8 Å². The predicted octanol–water partition coefficient (Wildman–Crippen LogP) is 1.12. The molecular weight excluding hydrogens is 212 g/mol. The Bertz CT molecular complexity index is 412. The van der Waals surface area contributed by atoms with Crippen molar-refractivity contribution in [3.63, 3.8) is 0 Å². The minimum absolute atomic E-state index is 0.289. The summed E-state index contributed by atoms with van der Waals surface area (Å²) in [4.78, 5) is 0. The molecule has 15 heavy (non-hydrogen) atoms. The summed E-state index contributed by atoms with van der Waals surface area (Å²) >= 11 is 0. The lowest BCUT2D eigenvalue weighted by molar-refractivity contribution is 0.607. The molecule has 5 heteroatoms. The molecule has 0 aliphatic heterocycles. The van der Waals surface area contributed by atoms with Gasteiger partial charge in [-0.3, -0.25) is 4.72 Å². The van der Waals surface area contributed by atoms with Crippen LogP contribution in [-0.4, -0.2) is 21.2 Å². The molecule has 1 rings (SSSR count). The molecule has 1 unspecified atom stereocenters. The summed E-state index contributed by atoms with van der Waals surface area (Å²) in [5.74, 6) is 0.289. The minimum atomic E-state index is -3.19. The highest BCUT2D eigenvalue weighted by molar-refractivity contribution is 7.92. The fourth-order valence-electron chi connectivity index (χ4n) is 1.23. The van der Waals surface area contributed by atoms with Crippen molar-refractivity contribution in [1.82, 2.24) is 0 Å². The van der Waals surface area contributed by atoms with Gasteiger partial charge in [-0.05, 0) is 30.2 Å². The van der Waals surface area contributed by atoms with Gasteiger partial charge in [0.15, 0.2) is 0 Å². The lowest BCUT2D eigenvalue weighted by atomic mass is 10.0. The lowest BCUT2D eigenvalue weighted by Gasteiger charge is -2.10. The Morgan fingerprint density at radius 3 is 2.27 bits per heavy atom. The molecule has 0 spiro atoms. The smallest absolute Gasteiger partial charge is 0.229 e. The minimum Gasteiger partial charge on any atom is -0.330 e. The van der Waals surface area contributed by atoms with E-state index in [2.05, 4.69) is 4.72 Å². The molecule has 0 heterocycles. The molecule has 1 aromatic carbocycles. The molecule has 1 atom stereocenters. The van der Waals surface area contributed by atoms with Crippen molar-refractivity contribution in [3.8, 4) is 0 Å². The zero-order valence-electron chi connectivity index (χ0n) is 8.90. The van der Waals surface area contributed by atoms with Gasteiger partial charge in [-0.25, -0.2) is 8.42 Å². The van der Waals surface area contributed by atoms with Crippen LogP contribution in [0, 0.1) is 0 Å². The summed E-state index contributed by atoms with van der Waals surface area (Å²) in [6.07, 6.45) is 1.13. The first-order valence-corrected chi connectivity index (χ1v) is 6.59. The molecule has 4 nitrogen and oxygen atoms in total. The van der Waals surface area contributed by atoms with Crippen molar-refractivity contribution in [2.24, 2.45) is 5.73 Å². The number of nitrogens with two attached hydrogens (primary N) is 1. The van der Waals surface area contributed by atoms with Crippen LogP contribution in [0.4, 0.5) is 5.69 Å². The zero-order valence-corrected chi connectivity index (χ0v) is 9.71. The SMILES string of the molecule is CC(CN)c1ccc(NS(C)(=O)=O)cc1. The van der Waals surface area contributed by atoms with Gasteiger partial charge in [-0.15, -0.1) is 0 Å². The van der Waals surface area contributed by atoms with E-state index in [0.29, 0.717) is 12.2 Å². The van der Waals surface area contributed by atoms with E-state index < -0.39 is 10.0 Å². The van der Waals surface area contributed by atoms with Crippen molar-refractivity contribution in [2.45, 2.75) is 12.8 Å². The number of hydrogen-bond donors (Lipinski definition) is 2. The third-order valence-electron chi connectivity index (χ3n) is 2.14. The Kier molecular flexibility index (Phi) is 3.71. The second-order valence-corrected chi connectivity index (χ2v) is 5.38. The van der Waals surface area contributed by atoms with Gasteiger partial charge >= 0.3 is 0 Å². The first-order valence-electron chi connectivity index (χ1n) is 4.70. The molecule has 0 radical (unpaired) electrons. The van der Waals surface area contributed by atoms with Crippen LogP contribution in [0.15, 0.2) is 24.3 Å². The van der Waals surface area contributed by atoms with Gasteiger partial charge in [-0.2, -0.15) is 0 Å². The number of hydrogen-bond acceptors (Lipinski definition) is 3. The molecule has 0 aliphatic rings. The van der Waals surface area contributed by atoms with Crippen LogP contribution in [0.2, 0.25) is 0 Å². The van der Waals surface area contributed by atoms with Crippen LogP contribution < -0.4 is 10.5 Å². The van der Waals surface area contributed by atoms with E-state index in [1.165, 1.54) is 0 Å². The molecule has 0 saturated heterocycles. The van der Waals surface area contributed by atoms with Crippen LogP contribution in [0.25, 0.3) is 0 Å². The van der Waals surface area contributed by atoms with Crippen LogP contribution in [0.1, 0.15) is 18.4 Å². The average molecular weight is 228 g/mol.